The summed E-state index contributed by atoms with van der Waals surface area (Å²) in [4.78, 5) is 0. The van der Waals surface area contributed by atoms with Crippen LogP contribution in [0.5, 0.6) is 0 Å². The van der Waals surface area contributed by atoms with Gasteiger partial charge in [0.1, 0.15) is 23.6 Å². The molecular weight excluding hydrogens is 356 g/mol. The third-order valence-electron chi connectivity index (χ3n) is 5.45. The van der Waals surface area contributed by atoms with E-state index in [9.17, 15) is 31.0 Å². The highest BCUT2D eigenvalue weighted by atomic mass is 16.4. The van der Waals surface area contributed by atoms with E-state index in [2.05, 4.69) is 20.6 Å². The average Bonchev–Trinajstić information content (AvgIpc) is 2.62. The number of hydrogen-bond acceptors (Lipinski definition) is 10. The van der Waals surface area contributed by atoms with Gasteiger partial charge in [-0.3, -0.25) is 0 Å². The Morgan fingerprint density at radius 1 is 0.704 bits per heavy atom. The summed E-state index contributed by atoms with van der Waals surface area (Å²) < 4.78 is 0. The number of rotatable bonds is 2. The molecule has 10 nitrogen and oxygen atoms in total. The normalized spacial score (nSPS) is 35.6. The molecule has 148 valence electrons. The number of aliphatic hydroxyl groups is 2. The molecule has 0 radical (unpaired) electrons. The monoisotopic (exact) mass is 380 g/mol. The number of allylic oxidation sites excluding steroid dienone is 2. The summed E-state index contributed by atoms with van der Waals surface area (Å²) in [6.07, 6.45) is 0.318. The molecule has 0 saturated heterocycles. The van der Waals surface area contributed by atoms with Crippen molar-refractivity contribution in [1.29, 1.82) is 0 Å². The number of nitrogens with zero attached hydrogens (tertiary/aromatic N) is 4. The molecule has 0 amide bonds. The lowest BCUT2D eigenvalue weighted by Gasteiger charge is -2.42. The van der Waals surface area contributed by atoms with E-state index in [1.165, 1.54) is 12.2 Å². The summed E-state index contributed by atoms with van der Waals surface area (Å²) in [5, 5.41) is 69.8. The predicted octanol–water partition coefficient (Wildman–Crippen LogP) is 1.21. The van der Waals surface area contributed by atoms with Crippen LogP contribution in [0.25, 0.3) is 0 Å². The van der Waals surface area contributed by atoms with Gasteiger partial charge in [0.25, 0.3) is 0 Å². The lowest BCUT2D eigenvalue weighted by Crippen LogP contribution is -2.45. The van der Waals surface area contributed by atoms with Crippen molar-refractivity contribution in [2.75, 3.05) is 0 Å². The SMILES string of the molecule is CC1C(C(C)(C)C2=CC(=NO)C(O)C(=NO)C2C)=CC(=NO)C(O)C1=NO. The van der Waals surface area contributed by atoms with E-state index in [-0.39, 0.29) is 22.8 Å². The van der Waals surface area contributed by atoms with Crippen LogP contribution in [0.2, 0.25) is 0 Å². The second-order valence-corrected chi connectivity index (χ2v) is 7.17. The highest BCUT2D eigenvalue weighted by Crippen LogP contribution is 2.46. The Morgan fingerprint density at radius 2 is 1.04 bits per heavy atom. The standard InChI is InChI=1S/C17H24N4O6/c1-7-9(5-11(18-24)15(22)13(7)20-26)17(3,4)10-6-12(19-25)16(23)14(21-27)8(10)2/h5-8,15-16,22-27H,1-4H3. The zero-order valence-electron chi connectivity index (χ0n) is 15.4. The Kier molecular flexibility index (Phi) is 5.71. The Labute approximate surface area is 155 Å². The molecule has 0 aromatic heterocycles. The first-order valence-corrected chi connectivity index (χ1v) is 8.33. The summed E-state index contributed by atoms with van der Waals surface area (Å²) in [7, 11) is 0. The molecule has 0 saturated carbocycles. The fraction of sp³-hybridized carbons (Fsp3) is 0.529. The van der Waals surface area contributed by atoms with Crippen LogP contribution in [0.4, 0.5) is 0 Å². The Bertz CT molecular complexity index is 729. The summed E-state index contributed by atoms with van der Waals surface area (Å²) in [6.45, 7) is 7.12. The molecule has 0 spiro atoms. The summed E-state index contributed by atoms with van der Waals surface area (Å²) >= 11 is 0. The van der Waals surface area contributed by atoms with Gasteiger partial charge in [-0.2, -0.15) is 0 Å². The highest BCUT2D eigenvalue weighted by Gasteiger charge is 2.44. The molecule has 4 atom stereocenters. The van der Waals surface area contributed by atoms with Crippen molar-refractivity contribution in [3.63, 3.8) is 0 Å². The van der Waals surface area contributed by atoms with Gasteiger partial charge in [0.15, 0.2) is 0 Å². The second kappa shape index (κ2) is 7.49. The molecule has 0 fully saturated rings. The van der Waals surface area contributed by atoms with Crippen LogP contribution in [-0.4, -0.2) is 66.1 Å². The highest BCUT2D eigenvalue weighted by molar-refractivity contribution is 6.20. The summed E-state index contributed by atoms with van der Waals surface area (Å²) in [5.74, 6) is -1.01. The number of oxime groups is 4. The Balaban J connectivity index is 2.66. The van der Waals surface area contributed by atoms with Gasteiger partial charge in [-0.1, -0.05) is 48.3 Å². The van der Waals surface area contributed by atoms with Gasteiger partial charge in [-0.25, -0.2) is 0 Å². The van der Waals surface area contributed by atoms with Crippen LogP contribution in [0.1, 0.15) is 27.7 Å². The molecule has 0 heterocycles. The fourth-order valence-electron chi connectivity index (χ4n) is 3.88. The maximum atomic E-state index is 10.2. The molecule has 0 aromatic rings. The fourth-order valence-corrected chi connectivity index (χ4v) is 3.88. The van der Waals surface area contributed by atoms with Crippen LogP contribution >= 0.6 is 0 Å². The molecule has 6 N–H and O–H groups in total. The Morgan fingerprint density at radius 3 is 1.30 bits per heavy atom. The third-order valence-corrected chi connectivity index (χ3v) is 5.45. The first kappa shape index (κ1) is 20.6. The van der Waals surface area contributed by atoms with E-state index in [1.54, 1.807) is 13.8 Å². The van der Waals surface area contributed by atoms with Crippen LogP contribution < -0.4 is 0 Å². The molecule has 0 aliphatic heterocycles. The molecule has 2 aliphatic rings. The third kappa shape index (κ3) is 3.21. The lowest BCUT2D eigenvalue weighted by atomic mass is 9.63. The van der Waals surface area contributed by atoms with E-state index in [0.29, 0.717) is 11.1 Å². The minimum atomic E-state index is -1.35. The predicted molar refractivity (Wildman–Crippen MR) is 97.2 cm³/mol. The minimum absolute atomic E-state index is 0.0181. The first-order valence-electron chi connectivity index (χ1n) is 8.33. The maximum absolute atomic E-state index is 10.2. The molecule has 2 rings (SSSR count). The van der Waals surface area contributed by atoms with Crippen molar-refractivity contribution in [1.82, 2.24) is 0 Å². The summed E-state index contributed by atoms with van der Waals surface area (Å²) in [5.41, 5.74) is 0.376. The first-order chi connectivity index (χ1) is 12.6. The van der Waals surface area contributed by atoms with Crippen molar-refractivity contribution in [2.45, 2.75) is 39.9 Å². The van der Waals surface area contributed by atoms with E-state index < -0.39 is 29.5 Å². The topological polar surface area (TPSA) is 171 Å². The van der Waals surface area contributed by atoms with E-state index >= 15 is 0 Å². The van der Waals surface area contributed by atoms with Crippen molar-refractivity contribution in [2.24, 2.45) is 37.9 Å². The molecular formula is C17H24N4O6. The Hall–Kier alpha value is -2.72. The van der Waals surface area contributed by atoms with Crippen LogP contribution in [0.3, 0.4) is 0 Å². The van der Waals surface area contributed by atoms with Crippen molar-refractivity contribution >= 4 is 22.8 Å². The van der Waals surface area contributed by atoms with Gasteiger partial charge < -0.3 is 31.0 Å². The van der Waals surface area contributed by atoms with E-state index in [4.69, 9.17) is 0 Å². The van der Waals surface area contributed by atoms with Crippen LogP contribution in [0.15, 0.2) is 43.9 Å². The largest absolute Gasteiger partial charge is 0.411 e. The zero-order chi connectivity index (χ0) is 20.5. The van der Waals surface area contributed by atoms with Crippen molar-refractivity contribution in [3.05, 3.63) is 23.3 Å². The van der Waals surface area contributed by atoms with Crippen LogP contribution in [0, 0.1) is 17.3 Å². The van der Waals surface area contributed by atoms with Gasteiger partial charge in [0.2, 0.25) is 0 Å². The molecule has 0 bridgehead atoms. The molecule has 4 unspecified atom stereocenters. The zero-order valence-corrected chi connectivity index (χ0v) is 15.4. The molecule has 27 heavy (non-hydrogen) atoms. The van der Waals surface area contributed by atoms with Gasteiger partial charge in [-0.05, 0) is 23.3 Å². The number of aliphatic hydroxyl groups excluding tert-OH is 2. The van der Waals surface area contributed by atoms with Crippen LogP contribution in [-0.2, 0) is 0 Å². The van der Waals surface area contributed by atoms with Gasteiger partial charge in [0.05, 0.1) is 11.4 Å². The molecule has 10 heteroatoms. The van der Waals surface area contributed by atoms with Gasteiger partial charge >= 0.3 is 0 Å². The lowest BCUT2D eigenvalue weighted by molar-refractivity contribution is 0.256. The van der Waals surface area contributed by atoms with E-state index in [0.717, 1.165) is 0 Å². The maximum Gasteiger partial charge on any atom is 0.141 e. The van der Waals surface area contributed by atoms with Gasteiger partial charge in [-0.15, -0.1) is 0 Å². The molecule has 0 aromatic carbocycles. The van der Waals surface area contributed by atoms with Gasteiger partial charge in [0, 0.05) is 17.3 Å². The van der Waals surface area contributed by atoms with Crippen molar-refractivity contribution in [3.8, 4) is 0 Å². The van der Waals surface area contributed by atoms with E-state index in [1.807, 2.05) is 13.8 Å². The van der Waals surface area contributed by atoms with Crippen molar-refractivity contribution < 1.29 is 31.0 Å². The average molecular weight is 380 g/mol. The second-order valence-electron chi connectivity index (χ2n) is 7.17. The molecule has 2 aliphatic carbocycles. The quantitative estimate of drug-likeness (QED) is 0.310. The number of hydrogen-bond donors (Lipinski definition) is 6. The summed E-state index contributed by atoms with van der Waals surface area (Å²) in [6, 6.07) is 0. The smallest absolute Gasteiger partial charge is 0.141 e. The minimum Gasteiger partial charge on any atom is -0.411 e.